The highest BCUT2D eigenvalue weighted by Gasteiger charge is 2.30. The number of ether oxygens (including phenoxy) is 4. The zero-order valence-corrected chi connectivity index (χ0v) is 64.0. The van der Waals surface area contributed by atoms with Crippen LogP contribution in [-0.2, 0) is 65.4 Å². The Morgan fingerprint density at radius 2 is 0.541 bits per heavy atom. The van der Waals surface area contributed by atoms with Crippen molar-refractivity contribution in [3.63, 3.8) is 0 Å². The summed E-state index contributed by atoms with van der Waals surface area (Å²) in [4.78, 5) is 72.8. The molecule has 0 aliphatic heterocycles. The average Bonchev–Trinajstić information content (AvgIpc) is 1.02. The molecule has 0 radical (unpaired) electrons. The van der Waals surface area contributed by atoms with Gasteiger partial charge >= 0.3 is 39.5 Å². The normalized spacial score (nSPS) is 14.3. The van der Waals surface area contributed by atoms with Crippen molar-refractivity contribution in [2.75, 3.05) is 39.6 Å². The standard InChI is InChI=1S/C79H142O17P2/c1-5-9-13-17-21-25-29-33-35-36-38-42-46-50-54-58-62-66-79(84)96-75(70-90-77(82)64-60-56-52-48-44-41-37-34-30-26-22-18-14-10-6-2)72-94-98(87,88)92-68-73(80)67-91-97(85,86)93-71-74(95-78(83)65-61-57-53-49-45-40-32-28-24-20-16-12-8-4)69-89-76(81)63-59-55-51-47-43-39-31-27-23-19-15-11-7-3/h21,25-26,30,33-35,37-38,42,50,54,73-75,80H,5-20,22-24,27-29,31-32,36,39-41,43-49,51-53,55-72H2,1-4H3,(H,85,86)(H,87,88)/b25-21-,30-26-,35-33-,37-34-,42-38-,54-50-/t73-,74+,75+/m0/s1. The molecule has 570 valence electrons. The topological polar surface area (TPSA) is 237 Å². The maximum Gasteiger partial charge on any atom is 0.472 e. The monoisotopic (exact) mass is 1420 g/mol. The minimum atomic E-state index is -4.99. The van der Waals surface area contributed by atoms with Crippen molar-refractivity contribution in [3.05, 3.63) is 72.9 Å². The summed E-state index contributed by atoms with van der Waals surface area (Å²) in [6.07, 6.45) is 71.7. The number of hydrogen-bond donors (Lipinski definition) is 3. The van der Waals surface area contributed by atoms with Crippen LogP contribution in [-0.4, -0.2) is 96.7 Å². The molecule has 17 nitrogen and oxygen atoms in total. The zero-order valence-electron chi connectivity index (χ0n) is 62.2. The molecule has 0 fully saturated rings. The maximum atomic E-state index is 13.1. The van der Waals surface area contributed by atoms with E-state index in [1.165, 1.54) is 154 Å². The van der Waals surface area contributed by atoms with Gasteiger partial charge in [0.05, 0.1) is 26.4 Å². The van der Waals surface area contributed by atoms with Gasteiger partial charge < -0.3 is 33.8 Å². The minimum Gasteiger partial charge on any atom is -0.462 e. The molecule has 0 bridgehead atoms. The fourth-order valence-electron chi connectivity index (χ4n) is 10.7. The molecule has 19 heteroatoms. The van der Waals surface area contributed by atoms with Crippen LogP contribution in [0.15, 0.2) is 72.9 Å². The van der Waals surface area contributed by atoms with E-state index in [2.05, 4.69) is 88.5 Å². The van der Waals surface area contributed by atoms with Crippen LogP contribution in [0, 0.1) is 0 Å². The second-order valence-corrected chi connectivity index (χ2v) is 29.2. The lowest BCUT2D eigenvalue weighted by molar-refractivity contribution is -0.161. The molecule has 98 heavy (non-hydrogen) atoms. The van der Waals surface area contributed by atoms with Crippen molar-refractivity contribution in [1.29, 1.82) is 0 Å². The SMILES string of the molecule is CCCCC/C=C\C/C=C\C/C=C\C/C=C\CCCC(=O)O[C@H](COC(=O)CCCCCCC/C=C\C=C/CCCCCC)COP(=O)(O)OC[C@@H](O)COP(=O)(O)OC[C@@H](COC(=O)CCCCCCCCCCCCCCC)OC(=O)CCCCCCCCCCCCCCC. The van der Waals surface area contributed by atoms with Crippen LogP contribution in [0.4, 0.5) is 0 Å². The van der Waals surface area contributed by atoms with E-state index in [1.54, 1.807) is 0 Å². The van der Waals surface area contributed by atoms with E-state index >= 15 is 0 Å². The van der Waals surface area contributed by atoms with E-state index in [0.29, 0.717) is 32.1 Å². The summed E-state index contributed by atoms with van der Waals surface area (Å²) in [5, 5.41) is 10.6. The van der Waals surface area contributed by atoms with Gasteiger partial charge in [0.1, 0.15) is 19.3 Å². The zero-order chi connectivity index (χ0) is 71.8. The van der Waals surface area contributed by atoms with Crippen molar-refractivity contribution in [2.45, 2.75) is 367 Å². The Hall–Kier alpha value is -3.50. The summed E-state index contributed by atoms with van der Waals surface area (Å²) in [7, 11) is -9.96. The molecule has 2 unspecified atom stereocenters. The Morgan fingerprint density at radius 1 is 0.296 bits per heavy atom. The number of rotatable bonds is 74. The molecule has 0 aromatic rings. The summed E-state index contributed by atoms with van der Waals surface area (Å²) in [6.45, 7) is 4.80. The molecule has 5 atom stereocenters. The maximum absolute atomic E-state index is 13.1. The molecular formula is C79H142O17P2. The first kappa shape index (κ1) is 94.5. The summed E-state index contributed by atoms with van der Waals surface area (Å²) in [5.74, 6) is -2.23. The van der Waals surface area contributed by atoms with Gasteiger partial charge in [0.15, 0.2) is 12.2 Å². The van der Waals surface area contributed by atoms with E-state index < -0.39 is 97.5 Å². The second kappa shape index (κ2) is 71.9. The second-order valence-electron chi connectivity index (χ2n) is 26.3. The third-order valence-electron chi connectivity index (χ3n) is 16.7. The molecule has 0 aliphatic rings. The van der Waals surface area contributed by atoms with Crippen LogP contribution < -0.4 is 0 Å². The molecule has 0 aliphatic carbocycles. The number of esters is 4. The number of aliphatic hydroxyl groups excluding tert-OH is 1. The van der Waals surface area contributed by atoms with Crippen molar-refractivity contribution >= 4 is 39.5 Å². The van der Waals surface area contributed by atoms with Gasteiger partial charge in [0.2, 0.25) is 0 Å². The Kier molecular flexibility index (Phi) is 69.3. The molecule has 0 saturated heterocycles. The molecule has 0 heterocycles. The van der Waals surface area contributed by atoms with Crippen LogP contribution in [0.3, 0.4) is 0 Å². The quantitative estimate of drug-likeness (QED) is 0.0128. The summed E-state index contributed by atoms with van der Waals surface area (Å²) < 4.78 is 68.5. The number of phosphoric acid groups is 2. The number of unbranched alkanes of at least 4 members (excludes halogenated alkanes) is 37. The van der Waals surface area contributed by atoms with Crippen molar-refractivity contribution in [1.82, 2.24) is 0 Å². The van der Waals surface area contributed by atoms with Gasteiger partial charge in [-0.25, -0.2) is 9.13 Å². The third-order valence-corrected chi connectivity index (χ3v) is 18.6. The summed E-state index contributed by atoms with van der Waals surface area (Å²) >= 11 is 0. The lowest BCUT2D eigenvalue weighted by atomic mass is 10.0. The summed E-state index contributed by atoms with van der Waals surface area (Å²) in [5.41, 5.74) is 0. The van der Waals surface area contributed by atoms with E-state index in [-0.39, 0.29) is 25.7 Å². The van der Waals surface area contributed by atoms with Gasteiger partial charge in [0.25, 0.3) is 0 Å². The molecule has 0 aromatic heterocycles. The van der Waals surface area contributed by atoms with Crippen LogP contribution in [0.5, 0.6) is 0 Å². The average molecular weight is 1430 g/mol. The first-order chi connectivity index (χ1) is 47.7. The van der Waals surface area contributed by atoms with Gasteiger partial charge in [-0.05, 0) is 89.9 Å². The number of allylic oxidation sites excluding steroid dienone is 12. The largest absolute Gasteiger partial charge is 0.472 e. The van der Waals surface area contributed by atoms with E-state index in [0.717, 1.165) is 109 Å². The summed E-state index contributed by atoms with van der Waals surface area (Å²) in [6, 6.07) is 0. The number of carbonyl (C=O) groups is 4. The molecule has 0 amide bonds. The number of aliphatic hydroxyl groups is 1. The van der Waals surface area contributed by atoms with E-state index in [9.17, 15) is 43.2 Å². The minimum absolute atomic E-state index is 0.0182. The Bertz CT molecular complexity index is 2140. The van der Waals surface area contributed by atoms with Crippen LogP contribution in [0.2, 0.25) is 0 Å². The van der Waals surface area contributed by atoms with Crippen molar-refractivity contribution < 1.29 is 80.2 Å². The molecule has 3 N–H and O–H groups in total. The van der Waals surface area contributed by atoms with Gasteiger partial charge in [-0.2, -0.15) is 0 Å². The fraction of sp³-hybridized carbons (Fsp3) is 0.797. The smallest absolute Gasteiger partial charge is 0.462 e. The Balaban J connectivity index is 5.39. The number of hydrogen-bond acceptors (Lipinski definition) is 15. The van der Waals surface area contributed by atoms with Crippen molar-refractivity contribution in [3.8, 4) is 0 Å². The highest BCUT2D eigenvalue weighted by Crippen LogP contribution is 2.45. The van der Waals surface area contributed by atoms with Crippen LogP contribution >= 0.6 is 15.6 Å². The molecule has 0 aromatic carbocycles. The van der Waals surface area contributed by atoms with Gasteiger partial charge in [-0.1, -0.05) is 306 Å². The lowest BCUT2D eigenvalue weighted by Crippen LogP contribution is -2.30. The first-order valence-electron chi connectivity index (χ1n) is 39.2. The first-order valence-corrected chi connectivity index (χ1v) is 42.2. The number of carbonyl (C=O) groups excluding carboxylic acids is 4. The van der Waals surface area contributed by atoms with Crippen LogP contribution in [0.1, 0.15) is 349 Å². The molecular weight excluding hydrogens is 1280 g/mol. The van der Waals surface area contributed by atoms with Crippen molar-refractivity contribution in [2.24, 2.45) is 0 Å². The highest BCUT2D eigenvalue weighted by atomic mass is 31.2. The predicted molar refractivity (Wildman–Crippen MR) is 400 cm³/mol. The van der Waals surface area contributed by atoms with E-state index in [1.807, 2.05) is 12.2 Å². The lowest BCUT2D eigenvalue weighted by Gasteiger charge is -2.21. The molecule has 0 rings (SSSR count). The Morgan fingerprint density at radius 3 is 0.898 bits per heavy atom. The van der Waals surface area contributed by atoms with Gasteiger partial charge in [-0.15, -0.1) is 0 Å². The predicted octanol–water partition coefficient (Wildman–Crippen LogP) is 22.4. The van der Waals surface area contributed by atoms with E-state index in [4.69, 9.17) is 37.0 Å². The van der Waals surface area contributed by atoms with Gasteiger partial charge in [-0.3, -0.25) is 37.3 Å². The van der Waals surface area contributed by atoms with Gasteiger partial charge in [0, 0.05) is 25.7 Å². The fourth-order valence-corrected chi connectivity index (χ4v) is 12.3. The Labute approximate surface area is 596 Å². The third kappa shape index (κ3) is 70.9. The molecule has 0 saturated carbocycles. The highest BCUT2D eigenvalue weighted by molar-refractivity contribution is 7.47. The number of phosphoric ester groups is 2. The van der Waals surface area contributed by atoms with Crippen LogP contribution in [0.25, 0.3) is 0 Å². The molecule has 0 spiro atoms.